The van der Waals surface area contributed by atoms with Gasteiger partial charge in [-0.3, -0.25) is 9.59 Å². The van der Waals surface area contributed by atoms with Gasteiger partial charge in [0.2, 0.25) is 11.8 Å². The van der Waals surface area contributed by atoms with E-state index in [2.05, 4.69) is 5.16 Å². The molecular formula is C11H15N3O3. The molecule has 1 atom stereocenters. The molecule has 0 radical (unpaired) electrons. The van der Waals surface area contributed by atoms with Crippen LogP contribution in [0.4, 0.5) is 0 Å². The van der Waals surface area contributed by atoms with Crippen molar-refractivity contribution in [3.8, 4) is 0 Å². The second kappa shape index (κ2) is 4.57. The van der Waals surface area contributed by atoms with Crippen molar-refractivity contribution in [2.75, 3.05) is 6.54 Å². The highest BCUT2D eigenvalue weighted by Gasteiger charge is 2.32. The minimum absolute atomic E-state index is 0.130. The molecule has 1 aromatic heterocycles. The van der Waals surface area contributed by atoms with E-state index in [1.54, 1.807) is 13.0 Å². The summed E-state index contributed by atoms with van der Waals surface area (Å²) in [6, 6.07) is 1.25. The quantitative estimate of drug-likeness (QED) is 0.801. The molecule has 92 valence electrons. The smallest absolute Gasteiger partial charge is 0.240 e. The van der Waals surface area contributed by atoms with Gasteiger partial charge in [-0.2, -0.15) is 0 Å². The van der Waals surface area contributed by atoms with Gasteiger partial charge in [0.15, 0.2) is 0 Å². The van der Waals surface area contributed by atoms with E-state index < -0.39 is 11.9 Å². The molecule has 2 heterocycles. The number of likely N-dealkylation sites (tertiary alicyclic amines) is 1. The zero-order valence-corrected chi connectivity index (χ0v) is 9.68. The van der Waals surface area contributed by atoms with Crippen molar-refractivity contribution >= 4 is 11.8 Å². The second-order valence-electron chi connectivity index (χ2n) is 4.26. The molecule has 1 fully saturated rings. The summed E-state index contributed by atoms with van der Waals surface area (Å²) in [6.07, 6.45) is 1.59. The van der Waals surface area contributed by atoms with Gasteiger partial charge in [-0.05, 0) is 19.8 Å². The number of hydrogen-bond acceptors (Lipinski definition) is 4. The number of nitrogens with two attached hydrogens (primary N) is 1. The summed E-state index contributed by atoms with van der Waals surface area (Å²) in [5, 5.41) is 3.71. The number of carbonyl (C=O) groups excluding carboxylic acids is 2. The third-order valence-electron chi connectivity index (χ3n) is 2.90. The fourth-order valence-corrected chi connectivity index (χ4v) is 2.11. The monoisotopic (exact) mass is 237 g/mol. The first-order valence-electron chi connectivity index (χ1n) is 5.59. The molecule has 0 spiro atoms. The number of primary amides is 1. The van der Waals surface area contributed by atoms with Crippen LogP contribution in [-0.2, 0) is 16.0 Å². The van der Waals surface area contributed by atoms with Crippen molar-refractivity contribution in [1.29, 1.82) is 0 Å². The molecule has 1 aliphatic rings. The standard InChI is InChI=1S/C11H15N3O3/c1-7-5-8(17-13-7)6-10(15)14-4-2-3-9(14)11(12)16/h5,9H,2-4,6H2,1H3,(H2,12,16)/t9-/m0/s1. The van der Waals surface area contributed by atoms with Crippen LogP contribution in [0.2, 0.25) is 0 Å². The molecule has 1 saturated heterocycles. The van der Waals surface area contributed by atoms with Gasteiger partial charge in [0.25, 0.3) is 0 Å². The second-order valence-corrected chi connectivity index (χ2v) is 4.26. The lowest BCUT2D eigenvalue weighted by molar-refractivity contribution is -0.137. The van der Waals surface area contributed by atoms with Crippen molar-refractivity contribution in [3.63, 3.8) is 0 Å². The number of aromatic nitrogens is 1. The first-order chi connectivity index (χ1) is 8.08. The van der Waals surface area contributed by atoms with E-state index in [9.17, 15) is 9.59 Å². The normalized spacial score (nSPS) is 19.6. The molecule has 0 aliphatic carbocycles. The Balaban J connectivity index is 2.02. The Bertz CT molecular complexity index is 441. The zero-order chi connectivity index (χ0) is 12.4. The van der Waals surface area contributed by atoms with E-state index in [0.717, 1.165) is 12.1 Å². The van der Waals surface area contributed by atoms with Crippen LogP contribution in [0.3, 0.4) is 0 Å². The van der Waals surface area contributed by atoms with Gasteiger partial charge >= 0.3 is 0 Å². The predicted molar refractivity (Wildman–Crippen MR) is 58.9 cm³/mol. The molecule has 0 aromatic carbocycles. The fraction of sp³-hybridized carbons (Fsp3) is 0.545. The largest absolute Gasteiger partial charge is 0.368 e. The van der Waals surface area contributed by atoms with Crippen LogP contribution in [0.5, 0.6) is 0 Å². The summed E-state index contributed by atoms with van der Waals surface area (Å²) >= 11 is 0. The Labute approximate surface area is 98.7 Å². The van der Waals surface area contributed by atoms with Gasteiger partial charge in [0.05, 0.1) is 12.1 Å². The van der Waals surface area contributed by atoms with Crippen LogP contribution in [0.1, 0.15) is 24.3 Å². The topological polar surface area (TPSA) is 89.4 Å². The van der Waals surface area contributed by atoms with E-state index in [1.165, 1.54) is 4.90 Å². The van der Waals surface area contributed by atoms with E-state index in [4.69, 9.17) is 10.3 Å². The van der Waals surface area contributed by atoms with Crippen molar-refractivity contribution in [3.05, 3.63) is 17.5 Å². The highest BCUT2D eigenvalue weighted by molar-refractivity contribution is 5.87. The van der Waals surface area contributed by atoms with Crippen LogP contribution < -0.4 is 5.73 Å². The van der Waals surface area contributed by atoms with Gasteiger partial charge in [-0.15, -0.1) is 0 Å². The Hall–Kier alpha value is -1.85. The summed E-state index contributed by atoms with van der Waals surface area (Å²) < 4.78 is 4.98. The lowest BCUT2D eigenvalue weighted by Gasteiger charge is -2.21. The highest BCUT2D eigenvalue weighted by atomic mass is 16.5. The first-order valence-corrected chi connectivity index (χ1v) is 5.59. The molecule has 0 unspecified atom stereocenters. The van der Waals surface area contributed by atoms with E-state index >= 15 is 0 Å². The number of hydrogen-bond donors (Lipinski definition) is 1. The van der Waals surface area contributed by atoms with Crippen LogP contribution in [0.15, 0.2) is 10.6 Å². The number of amides is 2. The predicted octanol–water partition coefficient (Wildman–Crippen LogP) is 0.00182. The summed E-state index contributed by atoms with van der Waals surface area (Å²) in [5.74, 6) is -0.0605. The lowest BCUT2D eigenvalue weighted by atomic mass is 10.2. The lowest BCUT2D eigenvalue weighted by Crippen LogP contribution is -2.44. The molecule has 0 saturated carbocycles. The maximum Gasteiger partial charge on any atom is 0.240 e. The van der Waals surface area contributed by atoms with Gasteiger partial charge < -0.3 is 15.2 Å². The first kappa shape index (κ1) is 11.6. The van der Waals surface area contributed by atoms with Crippen molar-refractivity contribution < 1.29 is 14.1 Å². The maximum atomic E-state index is 12.0. The van der Waals surface area contributed by atoms with Gasteiger partial charge in [0, 0.05) is 12.6 Å². The average molecular weight is 237 g/mol. The van der Waals surface area contributed by atoms with E-state index in [0.29, 0.717) is 18.7 Å². The van der Waals surface area contributed by atoms with Crippen molar-refractivity contribution in [2.45, 2.75) is 32.2 Å². The van der Waals surface area contributed by atoms with E-state index in [-0.39, 0.29) is 12.3 Å². The minimum Gasteiger partial charge on any atom is -0.368 e. The average Bonchev–Trinajstić information content (AvgIpc) is 2.86. The Kier molecular flexibility index (Phi) is 3.12. The van der Waals surface area contributed by atoms with Gasteiger partial charge in [-0.1, -0.05) is 5.16 Å². The number of carbonyl (C=O) groups is 2. The molecule has 2 amide bonds. The molecular weight excluding hydrogens is 222 g/mol. The fourth-order valence-electron chi connectivity index (χ4n) is 2.11. The number of aryl methyl sites for hydroxylation is 1. The van der Waals surface area contributed by atoms with Crippen LogP contribution >= 0.6 is 0 Å². The minimum atomic E-state index is -0.466. The summed E-state index contributed by atoms with van der Waals surface area (Å²) in [4.78, 5) is 24.7. The van der Waals surface area contributed by atoms with Gasteiger partial charge in [-0.25, -0.2) is 0 Å². The van der Waals surface area contributed by atoms with Crippen molar-refractivity contribution in [1.82, 2.24) is 10.1 Å². The van der Waals surface area contributed by atoms with Crippen LogP contribution in [0, 0.1) is 6.92 Å². The molecule has 2 N–H and O–H groups in total. The Morgan fingerprint density at radius 3 is 3.00 bits per heavy atom. The number of nitrogens with zero attached hydrogens (tertiary/aromatic N) is 2. The van der Waals surface area contributed by atoms with E-state index in [1.807, 2.05) is 0 Å². The molecule has 2 rings (SSSR count). The molecule has 1 aromatic rings. The Morgan fingerprint density at radius 2 is 2.41 bits per heavy atom. The molecule has 6 nitrogen and oxygen atoms in total. The summed E-state index contributed by atoms with van der Waals surface area (Å²) in [6.45, 7) is 2.37. The van der Waals surface area contributed by atoms with Crippen molar-refractivity contribution in [2.24, 2.45) is 5.73 Å². The van der Waals surface area contributed by atoms with Crippen LogP contribution in [0.25, 0.3) is 0 Å². The molecule has 17 heavy (non-hydrogen) atoms. The third kappa shape index (κ3) is 2.46. The maximum absolute atomic E-state index is 12.0. The zero-order valence-electron chi connectivity index (χ0n) is 9.68. The third-order valence-corrected chi connectivity index (χ3v) is 2.90. The SMILES string of the molecule is Cc1cc(CC(=O)N2CCC[C@H]2C(N)=O)on1. The molecule has 6 heteroatoms. The highest BCUT2D eigenvalue weighted by Crippen LogP contribution is 2.18. The summed E-state index contributed by atoms with van der Waals surface area (Å²) in [5.41, 5.74) is 5.99. The number of rotatable bonds is 3. The molecule has 0 bridgehead atoms. The molecule has 1 aliphatic heterocycles. The summed E-state index contributed by atoms with van der Waals surface area (Å²) in [7, 11) is 0. The van der Waals surface area contributed by atoms with Gasteiger partial charge in [0.1, 0.15) is 11.8 Å². The van der Waals surface area contributed by atoms with Crippen LogP contribution in [-0.4, -0.2) is 34.5 Å². The Morgan fingerprint density at radius 1 is 1.65 bits per heavy atom.